The van der Waals surface area contributed by atoms with Crippen LogP contribution in [-0.4, -0.2) is 39.0 Å². The molecule has 1 heterocycles. The Balaban J connectivity index is 2.08. The van der Waals surface area contributed by atoms with E-state index in [9.17, 15) is 8.42 Å². The summed E-state index contributed by atoms with van der Waals surface area (Å²) < 4.78 is 27.7. The van der Waals surface area contributed by atoms with E-state index < -0.39 is 10.0 Å². The molecule has 5 nitrogen and oxygen atoms in total. The molecule has 0 radical (unpaired) electrons. The molecule has 0 amide bonds. The van der Waals surface area contributed by atoms with Gasteiger partial charge >= 0.3 is 0 Å². The van der Waals surface area contributed by atoms with Crippen molar-refractivity contribution >= 4 is 10.0 Å². The number of hydrogen-bond donors (Lipinski definition) is 2. The van der Waals surface area contributed by atoms with Crippen molar-refractivity contribution in [3.05, 3.63) is 29.3 Å². The Morgan fingerprint density at radius 1 is 1.33 bits per heavy atom. The first-order chi connectivity index (χ1) is 9.95. The summed E-state index contributed by atoms with van der Waals surface area (Å²) in [4.78, 5) is 2.66. The first-order valence-corrected chi connectivity index (χ1v) is 8.96. The normalized spacial score (nSPS) is 18.0. The molecule has 3 N–H and O–H groups in total. The molecule has 1 saturated heterocycles. The van der Waals surface area contributed by atoms with Crippen LogP contribution in [0.1, 0.15) is 30.9 Å². The van der Waals surface area contributed by atoms with Crippen molar-refractivity contribution in [1.82, 2.24) is 9.62 Å². The van der Waals surface area contributed by atoms with E-state index in [1.54, 1.807) is 19.1 Å². The Kier molecular flexibility index (Phi) is 5.37. The summed E-state index contributed by atoms with van der Waals surface area (Å²) in [5, 5.41) is 0. The summed E-state index contributed by atoms with van der Waals surface area (Å²) in [5.41, 5.74) is 7.25. The fraction of sp³-hybridized carbons (Fsp3) is 0.600. The monoisotopic (exact) mass is 311 g/mol. The molecule has 1 aromatic carbocycles. The minimum Gasteiger partial charge on any atom is -0.326 e. The fourth-order valence-electron chi connectivity index (χ4n) is 2.79. The lowest BCUT2D eigenvalue weighted by Gasteiger charge is -2.24. The largest absolute Gasteiger partial charge is 0.326 e. The molecule has 6 heteroatoms. The van der Waals surface area contributed by atoms with E-state index in [4.69, 9.17) is 5.73 Å². The highest BCUT2D eigenvalue weighted by Crippen LogP contribution is 2.19. The molecule has 2 rings (SSSR count). The van der Waals surface area contributed by atoms with Gasteiger partial charge in [0.2, 0.25) is 10.0 Å². The fourth-order valence-corrected chi connectivity index (χ4v) is 4.20. The Morgan fingerprint density at radius 2 is 2.00 bits per heavy atom. The molecule has 1 unspecified atom stereocenters. The van der Waals surface area contributed by atoms with Crippen molar-refractivity contribution in [2.75, 3.05) is 19.6 Å². The van der Waals surface area contributed by atoms with Gasteiger partial charge in [-0.2, -0.15) is 0 Å². The smallest absolute Gasteiger partial charge is 0.240 e. The maximum atomic E-state index is 12.5. The third-order valence-corrected chi connectivity index (χ3v) is 5.81. The highest BCUT2D eigenvalue weighted by molar-refractivity contribution is 7.89. The molecule has 0 bridgehead atoms. The third kappa shape index (κ3) is 3.83. The standard InChI is InChI=1S/C15H25N3O2S/c1-12(18-8-3-4-9-18)11-17-21(19,20)15-7-5-6-14(10-16)13(15)2/h5-7,12,17H,3-4,8-11,16H2,1-2H3. The van der Waals surface area contributed by atoms with E-state index in [2.05, 4.69) is 16.5 Å². The Morgan fingerprint density at radius 3 is 2.62 bits per heavy atom. The van der Waals surface area contributed by atoms with Crippen molar-refractivity contribution in [2.45, 2.75) is 44.2 Å². The van der Waals surface area contributed by atoms with Crippen LogP contribution in [0.3, 0.4) is 0 Å². The Hall–Kier alpha value is -0.950. The molecule has 0 spiro atoms. The highest BCUT2D eigenvalue weighted by Gasteiger charge is 2.22. The Bertz CT molecular complexity index is 581. The number of sulfonamides is 1. The van der Waals surface area contributed by atoms with Crippen LogP contribution in [0.15, 0.2) is 23.1 Å². The number of nitrogens with zero attached hydrogens (tertiary/aromatic N) is 1. The lowest BCUT2D eigenvalue weighted by atomic mass is 10.1. The molecular formula is C15H25N3O2S. The number of nitrogens with two attached hydrogens (primary N) is 1. The van der Waals surface area contributed by atoms with Crippen molar-refractivity contribution in [1.29, 1.82) is 0 Å². The third-order valence-electron chi connectivity index (χ3n) is 4.24. The van der Waals surface area contributed by atoms with Crippen LogP contribution >= 0.6 is 0 Å². The SMILES string of the molecule is Cc1c(CN)cccc1S(=O)(=O)NCC(C)N1CCCC1. The van der Waals surface area contributed by atoms with Gasteiger partial charge in [0.05, 0.1) is 4.90 Å². The van der Waals surface area contributed by atoms with E-state index >= 15 is 0 Å². The second kappa shape index (κ2) is 6.87. The predicted octanol–water partition coefficient (Wildman–Crippen LogP) is 1.22. The van der Waals surface area contributed by atoms with Gasteiger partial charge in [0, 0.05) is 19.1 Å². The van der Waals surface area contributed by atoms with Gasteiger partial charge in [0.25, 0.3) is 0 Å². The number of nitrogens with one attached hydrogen (secondary N) is 1. The second-order valence-corrected chi connectivity index (χ2v) is 7.42. The molecular weight excluding hydrogens is 286 g/mol. The van der Waals surface area contributed by atoms with Crippen LogP contribution in [0.2, 0.25) is 0 Å². The topological polar surface area (TPSA) is 75.4 Å². The summed E-state index contributed by atoms with van der Waals surface area (Å²) in [5.74, 6) is 0. The van der Waals surface area contributed by atoms with Crippen LogP contribution in [-0.2, 0) is 16.6 Å². The quantitative estimate of drug-likeness (QED) is 0.828. The van der Waals surface area contributed by atoms with E-state index in [0.717, 1.165) is 24.2 Å². The molecule has 1 atom stereocenters. The predicted molar refractivity (Wildman–Crippen MR) is 84.5 cm³/mol. The molecule has 1 aliphatic rings. The van der Waals surface area contributed by atoms with Gasteiger partial charge in [-0.1, -0.05) is 12.1 Å². The zero-order chi connectivity index (χ0) is 15.5. The van der Waals surface area contributed by atoms with Gasteiger partial charge in [-0.15, -0.1) is 0 Å². The summed E-state index contributed by atoms with van der Waals surface area (Å²) in [6, 6.07) is 5.46. The van der Waals surface area contributed by atoms with Crippen LogP contribution in [0.5, 0.6) is 0 Å². The summed E-state index contributed by atoms with van der Waals surface area (Å²) in [6.07, 6.45) is 2.41. The van der Waals surface area contributed by atoms with Crippen molar-refractivity contribution in [3.8, 4) is 0 Å². The molecule has 21 heavy (non-hydrogen) atoms. The van der Waals surface area contributed by atoms with Crippen molar-refractivity contribution < 1.29 is 8.42 Å². The van der Waals surface area contributed by atoms with E-state index in [1.165, 1.54) is 12.8 Å². The van der Waals surface area contributed by atoms with E-state index in [-0.39, 0.29) is 6.04 Å². The molecule has 1 aromatic rings. The maximum absolute atomic E-state index is 12.5. The van der Waals surface area contributed by atoms with Gasteiger partial charge in [-0.25, -0.2) is 13.1 Å². The lowest BCUT2D eigenvalue weighted by molar-refractivity contribution is 0.260. The minimum absolute atomic E-state index is 0.222. The summed E-state index contributed by atoms with van der Waals surface area (Å²) in [6.45, 7) is 6.78. The molecule has 0 aliphatic carbocycles. The number of likely N-dealkylation sites (tertiary alicyclic amines) is 1. The minimum atomic E-state index is -3.48. The Labute approximate surface area is 127 Å². The van der Waals surface area contributed by atoms with Crippen molar-refractivity contribution in [3.63, 3.8) is 0 Å². The average Bonchev–Trinajstić information content (AvgIpc) is 2.99. The first kappa shape index (κ1) is 16.4. The molecule has 118 valence electrons. The highest BCUT2D eigenvalue weighted by atomic mass is 32.2. The van der Waals surface area contributed by atoms with Gasteiger partial charge in [-0.05, 0) is 57.0 Å². The van der Waals surface area contributed by atoms with Gasteiger partial charge < -0.3 is 5.73 Å². The zero-order valence-corrected chi connectivity index (χ0v) is 13.6. The van der Waals surface area contributed by atoms with Gasteiger partial charge in [0.15, 0.2) is 0 Å². The molecule has 0 aromatic heterocycles. The lowest BCUT2D eigenvalue weighted by Crippen LogP contribution is -2.40. The summed E-state index contributed by atoms with van der Waals surface area (Å²) >= 11 is 0. The maximum Gasteiger partial charge on any atom is 0.240 e. The van der Waals surface area contributed by atoms with E-state index in [1.807, 2.05) is 6.07 Å². The van der Waals surface area contributed by atoms with Crippen LogP contribution in [0.4, 0.5) is 0 Å². The second-order valence-electron chi connectivity index (χ2n) is 5.69. The number of hydrogen-bond acceptors (Lipinski definition) is 4. The van der Waals surface area contributed by atoms with Gasteiger partial charge in [-0.3, -0.25) is 4.90 Å². The summed E-state index contributed by atoms with van der Waals surface area (Å²) in [7, 11) is -3.48. The van der Waals surface area contributed by atoms with Gasteiger partial charge in [0.1, 0.15) is 0 Å². The molecule has 1 aliphatic heterocycles. The number of rotatable bonds is 6. The van der Waals surface area contributed by atoms with Crippen LogP contribution in [0, 0.1) is 6.92 Å². The molecule has 1 fully saturated rings. The first-order valence-electron chi connectivity index (χ1n) is 7.48. The van der Waals surface area contributed by atoms with Crippen LogP contribution < -0.4 is 10.5 Å². The zero-order valence-electron chi connectivity index (χ0n) is 12.8. The average molecular weight is 311 g/mol. The number of benzene rings is 1. The van der Waals surface area contributed by atoms with Crippen molar-refractivity contribution in [2.24, 2.45) is 5.73 Å². The van der Waals surface area contributed by atoms with E-state index in [0.29, 0.717) is 18.0 Å². The molecule has 0 saturated carbocycles. The van der Waals surface area contributed by atoms with Crippen LogP contribution in [0.25, 0.3) is 0 Å².